The van der Waals surface area contributed by atoms with Gasteiger partial charge in [-0.15, -0.1) is 0 Å². The first-order valence-corrected chi connectivity index (χ1v) is 8.80. The molecular weight excluding hydrogens is 383 g/mol. The number of fused-ring (bicyclic) bond motifs is 1. The van der Waals surface area contributed by atoms with E-state index in [0.717, 1.165) is 4.90 Å². The van der Waals surface area contributed by atoms with Crippen molar-refractivity contribution in [1.29, 1.82) is 0 Å². The minimum atomic E-state index is -0.568. The fourth-order valence-electron chi connectivity index (χ4n) is 3.19. The van der Waals surface area contributed by atoms with Crippen LogP contribution in [-0.2, 0) is 14.3 Å². The summed E-state index contributed by atoms with van der Waals surface area (Å²) in [6.45, 7) is 0.392. The van der Waals surface area contributed by atoms with Crippen molar-refractivity contribution in [3.8, 4) is 0 Å². The number of benzene rings is 1. The summed E-state index contributed by atoms with van der Waals surface area (Å²) in [5.74, 6) is -2.00. The zero-order chi connectivity index (χ0) is 19.0. The summed E-state index contributed by atoms with van der Waals surface area (Å²) >= 11 is 11.8. The normalized spacial score (nSPS) is 17.5. The Labute approximate surface area is 159 Å². The molecule has 9 heteroatoms. The summed E-state index contributed by atoms with van der Waals surface area (Å²) in [5, 5.41) is 0.342. The SMILES string of the molecule is COC(=O)C1CCN(C(=O)CN2C(=O)c3cc(Cl)c(Cl)cc3C2=O)CC1. The van der Waals surface area contributed by atoms with Crippen LogP contribution in [0.15, 0.2) is 12.1 Å². The van der Waals surface area contributed by atoms with Crippen molar-refractivity contribution in [3.63, 3.8) is 0 Å². The molecule has 0 radical (unpaired) electrons. The Bertz CT molecular complexity index is 762. The number of nitrogens with zero attached hydrogens (tertiary/aromatic N) is 2. The molecule has 1 aromatic rings. The lowest BCUT2D eigenvalue weighted by atomic mass is 9.97. The van der Waals surface area contributed by atoms with E-state index in [1.165, 1.54) is 19.2 Å². The molecular formula is C17H16Cl2N2O5. The third-order valence-corrected chi connectivity index (χ3v) is 5.41. The molecule has 3 rings (SSSR count). The predicted molar refractivity (Wildman–Crippen MR) is 93.1 cm³/mol. The van der Waals surface area contributed by atoms with Crippen molar-refractivity contribution in [2.24, 2.45) is 5.92 Å². The average Bonchev–Trinajstić information content (AvgIpc) is 2.86. The number of imide groups is 1. The number of halogens is 2. The van der Waals surface area contributed by atoms with E-state index in [0.29, 0.717) is 25.9 Å². The molecule has 0 aromatic heterocycles. The zero-order valence-corrected chi connectivity index (χ0v) is 15.5. The highest BCUT2D eigenvalue weighted by atomic mass is 35.5. The number of ether oxygens (including phenoxy) is 1. The Balaban J connectivity index is 1.67. The maximum atomic E-state index is 12.5. The Kier molecular flexibility index (Phi) is 5.20. The van der Waals surface area contributed by atoms with Crippen LogP contribution in [0, 0.1) is 5.92 Å². The van der Waals surface area contributed by atoms with Crippen LogP contribution >= 0.6 is 23.2 Å². The summed E-state index contributed by atoms with van der Waals surface area (Å²) < 4.78 is 4.71. The van der Waals surface area contributed by atoms with E-state index in [2.05, 4.69) is 0 Å². The lowest BCUT2D eigenvalue weighted by molar-refractivity contribution is -0.148. The van der Waals surface area contributed by atoms with Crippen molar-refractivity contribution >= 4 is 46.9 Å². The first-order chi connectivity index (χ1) is 12.3. The van der Waals surface area contributed by atoms with Crippen LogP contribution in [-0.4, -0.2) is 60.2 Å². The highest BCUT2D eigenvalue weighted by Crippen LogP contribution is 2.31. The second-order valence-electron chi connectivity index (χ2n) is 6.19. The summed E-state index contributed by atoms with van der Waals surface area (Å²) in [4.78, 5) is 51.4. The van der Waals surface area contributed by atoms with Crippen LogP contribution in [0.1, 0.15) is 33.6 Å². The van der Waals surface area contributed by atoms with Gasteiger partial charge in [0.1, 0.15) is 6.54 Å². The largest absolute Gasteiger partial charge is 0.469 e. The number of esters is 1. The number of piperidine rings is 1. The Morgan fingerprint density at radius 3 is 2.04 bits per heavy atom. The first kappa shape index (κ1) is 18.7. The van der Waals surface area contributed by atoms with Gasteiger partial charge in [-0.3, -0.25) is 24.1 Å². The van der Waals surface area contributed by atoms with E-state index in [-0.39, 0.29) is 45.5 Å². The van der Waals surface area contributed by atoms with Gasteiger partial charge in [-0.2, -0.15) is 0 Å². The monoisotopic (exact) mass is 398 g/mol. The molecule has 0 bridgehead atoms. The molecule has 2 aliphatic rings. The van der Waals surface area contributed by atoms with Gasteiger partial charge in [0.2, 0.25) is 5.91 Å². The average molecular weight is 399 g/mol. The van der Waals surface area contributed by atoms with Crippen molar-refractivity contribution in [1.82, 2.24) is 9.80 Å². The molecule has 7 nitrogen and oxygen atoms in total. The third-order valence-electron chi connectivity index (χ3n) is 4.69. The molecule has 1 aromatic carbocycles. The maximum absolute atomic E-state index is 12.5. The number of likely N-dealkylation sites (tertiary alicyclic amines) is 1. The van der Waals surface area contributed by atoms with E-state index < -0.39 is 11.8 Å². The predicted octanol–water partition coefficient (Wildman–Crippen LogP) is 2.00. The summed E-state index contributed by atoms with van der Waals surface area (Å²) in [6, 6.07) is 2.68. The molecule has 1 saturated heterocycles. The lowest BCUT2D eigenvalue weighted by Crippen LogP contribution is -2.46. The smallest absolute Gasteiger partial charge is 0.308 e. The van der Waals surface area contributed by atoms with Crippen LogP contribution < -0.4 is 0 Å². The molecule has 3 amide bonds. The maximum Gasteiger partial charge on any atom is 0.308 e. The molecule has 0 saturated carbocycles. The molecule has 0 spiro atoms. The van der Waals surface area contributed by atoms with Gasteiger partial charge in [-0.05, 0) is 25.0 Å². The number of carbonyl (C=O) groups is 4. The van der Waals surface area contributed by atoms with Gasteiger partial charge in [0.15, 0.2) is 0 Å². The van der Waals surface area contributed by atoms with Gasteiger partial charge >= 0.3 is 5.97 Å². The molecule has 0 N–H and O–H groups in total. The molecule has 2 aliphatic heterocycles. The van der Waals surface area contributed by atoms with Crippen LogP contribution in [0.4, 0.5) is 0 Å². The zero-order valence-electron chi connectivity index (χ0n) is 14.0. The molecule has 0 unspecified atom stereocenters. The number of rotatable bonds is 3. The van der Waals surface area contributed by atoms with E-state index in [9.17, 15) is 19.2 Å². The van der Waals surface area contributed by atoms with Crippen LogP contribution in [0.3, 0.4) is 0 Å². The van der Waals surface area contributed by atoms with Gasteiger partial charge in [-0.1, -0.05) is 23.2 Å². The molecule has 0 atom stereocenters. The molecule has 0 aliphatic carbocycles. The molecule has 26 heavy (non-hydrogen) atoms. The fraction of sp³-hybridized carbons (Fsp3) is 0.412. The minimum Gasteiger partial charge on any atom is -0.469 e. The van der Waals surface area contributed by atoms with Gasteiger partial charge in [0, 0.05) is 13.1 Å². The van der Waals surface area contributed by atoms with Gasteiger partial charge in [0.05, 0.1) is 34.2 Å². The number of hydrogen-bond donors (Lipinski definition) is 0. The Morgan fingerprint density at radius 2 is 1.58 bits per heavy atom. The van der Waals surface area contributed by atoms with E-state index in [1.807, 2.05) is 0 Å². The second kappa shape index (κ2) is 7.25. The Hall–Kier alpha value is -2.12. The molecule has 138 valence electrons. The second-order valence-corrected chi connectivity index (χ2v) is 7.00. The Morgan fingerprint density at radius 1 is 1.08 bits per heavy atom. The third kappa shape index (κ3) is 3.29. The topological polar surface area (TPSA) is 84.0 Å². The minimum absolute atomic E-state index is 0.140. The van der Waals surface area contributed by atoms with E-state index >= 15 is 0 Å². The van der Waals surface area contributed by atoms with E-state index in [4.69, 9.17) is 27.9 Å². The van der Waals surface area contributed by atoms with Crippen LogP contribution in [0.5, 0.6) is 0 Å². The summed E-state index contributed by atoms with van der Waals surface area (Å²) in [5.41, 5.74) is 0.281. The number of hydrogen-bond acceptors (Lipinski definition) is 5. The summed E-state index contributed by atoms with van der Waals surface area (Å²) in [7, 11) is 1.33. The molecule has 2 heterocycles. The van der Waals surface area contributed by atoms with Gasteiger partial charge in [0.25, 0.3) is 11.8 Å². The van der Waals surface area contributed by atoms with Crippen LogP contribution in [0.25, 0.3) is 0 Å². The highest BCUT2D eigenvalue weighted by molar-refractivity contribution is 6.43. The van der Waals surface area contributed by atoms with Crippen molar-refractivity contribution in [2.75, 3.05) is 26.7 Å². The first-order valence-electron chi connectivity index (χ1n) is 8.04. The highest BCUT2D eigenvalue weighted by Gasteiger charge is 2.38. The van der Waals surface area contributed by atoms with E-state index in [1.54, 1.807) is 4.90 Å². The van der Waals surface area contributed by atoms with Crippen molar-refractivity contribution in [3.05, 3.63) is 33.3 Å². The fourth-order valence-corrected chi connectivity index (χ4v) is 3.52. The standard InChI is InChI=1S/C17H16Cl2N2O5/c1-26-17(25)9-2-4-20(5-3-9)14(22)8-21-15(23)10-6-12(18)13(19)7-11(10)16(21)24/h6-7,9H,2-5,8H2,1H3. The summed E-state index contributed by atoms with van der Waals surface area (Å²) in [6.07, 6.45) is 0.984. The van der Waals surface area contributed by atoms with Crippen molar-refractivity contribution < 1.29 is 23.9 Å². The number of amides is 3. The van der Waals surface area contributed by atoms with Gasteiger partial charge in [-0.25, -0.2) is 0 Å². The number of methoxy groups -OCH3 is 1. The molecule has 1 fully saturated rings. The van der Waals surface area contributed by atoms with Gasteiger partial charge < -0.3 is 9.64 Å². The van der Waals surface area contributed by atoms with Crippen molar-refractivity contribution in [2.45, 2.75) is 12.8 Å². The lowest BCUT2D eigenvalue weighted by Gasteiger charge is -2.31. The van der Waals surface area contributed by atoms with Crippen LogP contribution in [0.2, 0.25) is 10.0 Å². The quantitative estimate of drug-likeness (QED) is 0.574. The number of carbonyl (C=O) groups excluding carboxylic acids is 4.